The number of nitrogens with one attached hydrogen (secondary N) is 1. The van der Waals surface area contributed by atoms with Gasteiger partial charge >= 0.3 is 0 Å². The highest BCUT2D eigenvalue weighted by Gasteiger charge is 2.35. The van der Waals surface area contributed by atoms with Gasteiger partial charge in [-0.25, -0.2) is 8.42 Å². The number of benzene rings is 4. The van der Waals surface area contributed by atoms with E-state index in [-0.39, 0.29) is 35.5 Å². The molecule has 0 saturated heterocycles. The van der Waals surface area contributed by atoms with Crippen LogP contribution in [0, 0.1) is 0 Å². The Hall–Kier alpha value is -3.67. The molecule has 11 heteroatoms. The standard InChI is InChI=1S/C36H39Br2N3O5S/c1-4-26(3)39-36(43)34(23-27-10-7-6-8-11-27)40(24-28-12-9-13-30(38)22-28)35(42)25-41(31-16-18-32(19-17-31)46-5-2)47(44,45)33-20-14-29(37)15-21-33/h6-22,26,34H,4-5,23-25H2,1-3H3,(H,39,43)/t26-,34+/m0/s1. The SMILES string of the molecule is CCOc1ccc(N(CC(=O)N(Cc2cccc(Br)c2)[C@H](Cc2ccccc2)C(=O)N[C@@H](C)CC)S(=O)(=O)c2ccc(Br)cc2)cc1. The van der Waals surface area contributed by atoms with Crippen LogP contribution >= 0.6 is 31.9 Å². The third-order valence-corrected chi connectivity index (χ3v) is 10.4. The van der Waals surface area contributed by atoms with Gasteiger partial charge in [-0.2, -0.15) is 0 Å². The second-order valence-electron chi connectivity index (χ2n) is 11.1. The second kappa shape index (κ2) is 16.9. The highest BCUT2D eigenvalue weighted by atomic mass is 79.9. The van der Waals surface area contributed by atoms with E-state index in [1.165, 1.54) is 17.0 Å². The molecule has 0 aliphatic carbocycles. The molecule has 0 spiro atoms. The van der Waals surface area contributed by atoms with Gasteiger partial charge < -0.3 is 15.0 Å². The van der Waals surface area contributed by atoms with Crippen molar-refractivity contribution in [1.82, 2.24) is 10.2 Å². The number of hydrogen-bond donors (Lipinski definition) is 1. The first kappa shape index (κ1) is 36.2. The topological polar surface area (TPSA) is 96.0 Å². The van der Waals surface area contributed by atoms with Gasteiger partial charge in [-0.15, -0.1) is 0 Å². The summed E-state index contributed by atoms with van der Waals surface area (Å²) < 4.78 is 36.6. The fraction of sp³-hybridized carbons (Fsp3) is 0.278. The van der Waals surface area contributed by atoms with Crippen LogP contribution in [0.15, 0.2) is 117 Å². The summed E-state index contributed by atoms with van der Waals surface area (Å²) in [7, 11) is -4.22. The molecule has 0 aliphatic rings. The van der Waals surface area contributed by atoms with E-state index in [4.69, 9.17) is 4.74 Å². The predicted molar refractivity (Wildman–Crippen MR) is 193 cm³/mol. The molecule has 0 saturated carbocycles. The average molecular weight is 786 g/mol. The molecule has 2 amide bonds. The maximum absolute atomic E-state index is 14.6. The van der Waals surface area contributed by atoms with Crippen LogP contribution in [0.1, 0.15) is 38.3 Å². The Morgan fingerprint density at radius 3 is 2.11 bits per heavy atom. The molecule has 0 aromatic heterocycles. The van der Waals surface area contributed by atoms with Gasteiger partial charge in [0.15, 0.2) is 0 Å². The highest BCUT2D eigenvalue weighted by Crippen LogP contribution is 2.28. The van der Waals surface area contributed by atoms with E-state index < -0.39 is 28.5 Å². The van der Waals surface area contributed by atoms with E-state index in [1.807, 2.05) is 75.4 Å². The number of amides is 2. The Labute approximate surface area is 294 Å². The fourth-order valence-corrected chi connectivity index (χ4v) is 7.09. The maximum atomic E-state index is 14.6. The summed E-state index contributed by atoms with van der Waals surface area (Å²) in [6.45, 7) is 5.74. The van der Waals surface area contributed by atoms with Crippen LogP contribution in [-0.2, 0) is 32.6 Å². The summed E-state index contributed by atoms with van der Waals surface area (Å²) >= 11 is 6.88. The lowest BCUT2D eigenvalue weighted by Crippen LogP contribution is -2.54. The summed E-state index contributed by atoms with van der Waals surface area (Å²) in [5.74, 6) is -0.265. The molecule has 0 fully saturated rings. The summed E-state index contributed by atoms with van der Waals surface area (Å²) in [6.07, 6.45) is 0.950. The largest absolute Gasteiger partial charge is 0.494 e. The molecule has 248 valence electrons. The van der Waals surface area contributed by atoms with E-state index in [1.54, 1.807) is 36.4 Å². The summed E-state index contributed by atoms with van der Waals surface area (Å²) in [4.78, 5) is 30.1. The van der Waals surface area contributed by atoms with Crippen molar-refractivity contribution >= 4 is 59.4 Å². The number of sulfonamides is 1. The Morgan fingerprint density at radius 1 is 0.830 bits per heavy atom. The van der Waals surface area contributed by atoms with E-state index in [0.717, 1.165) is 24.4 Å². The average Bonchev–Trinajstić information content (AvgIpc) is 3.06. The lowest BCUT2D eigenvalue weighted by atomic mass is 10.0. The smallest absolute Gasteiger partial charge is 0.264 e. The van der Waals surface area contributed by atoms with Crippen molar-refractivity contribution in [3.05, 3.63) is 123 Å². The van der Waals surface area contributed by atoms with Crippen LogP contribution in [0.2, 0.25) is 0 Å². The molecular formula is C36H39Br2N3O5S. The molecule has 4 aromatic rings. The lowest BCUT2D eigenvalue weighted by molar-refractivity contribution is -0.140. The predicted octanol–water partition coefficient (Wildman–Crippen LogP) is 7.36. The zero-order chi connectivity index (χ0) is 34.0. The van der Waals surface area contributed by atoms with Gasteiger partial charge in [-0.1, -0.05) is 81.2 Å². The van der Waals surface area contributed by atoms with Gasteiger partial charge in [0.1, 0.15) is 18.3 Å². The molecule has 1 N–H and O–H groups in total. The minimum atomic E-state index is -4.22. The van der Waals surface area contributed by atoms with Crippen LogP contribution < -0.4 is 14.4 Å². The number of carbonyl (C=O) groups is 2. The van der Waals surface area contributed by atoms with E-state index in [2.05, 4.69) is 37.2 Å². The number of nitrogens with zero attached hydrogens (tertiary/aromatic N) is 2. The van der Waals surface area contributed by atoms with Gasteiger partial charge in [0.05, 0.1) is 17.2 Å². The fourth-order valence-electron chi connectivity index (χ4n) is 4.96. The van der Waals surface area contributed by atoms with Crippen LogP contribution in [0.3, 0.4) is 0 Å². The van der Waals surface area contributed by atoms with Crippen LogP contribution in [-0.4, -0.2) is 50.4 Å². The number of anilines is 1. The molecule has 0 radical (unpaired) electrons. The molecule has 47 heavy (non-hydrogen) atoms. The Morgan fingerprint density at radius 2 is 1.49 bits per heavy atom. The molecular weight excluding hydrogens is 746 g/mol. The zero-order valence-electron chi connectivity index (χ0n) is 26.6. The highest BCUT2D eigenvalue weighted by molar-refractivity contribution is 9.10. The molecule has 0 heterocycles. The van der Waals surface area contributed by atoms with Crippen molar-refractivity contribution in [1.29, 1.82) is 0 Å². The molecule has 8 nitrogen and oxygen atoms in total. The molecule has 4 aromatic carbocycles. The van der Waals surface area contributed by atoms with Crippen molar-refractivity contribution in [2.75, 3.05) is 17.5 Å². The quantitative estimate of drug-likeness (QED) is 0.136. The van der Waals surface area contributed by atoms with E-state index >= 15 is 0 Å². The Balaban J connectivity index is 1.81. The first-order valence-corrected chi connectivity index (χ1v) is 18.4. The third-order valence-electron chi connectivity index (χ3n) is 7.63. The molecule has 0 aliphatic heterocycles. The minimum absolute atomic E-state index is 0.0243. The van der Waals surface area contributed by atoms with E-state index in [0.29, 0.717) is 18.8 Å². The van der Waals surface area contributed by atoms with Crippen molar-refractivity contribution < 1.29 is 22.7 Å². The summed E-state index contributed by atoms with van der Waals surface area (Å²) in [5.41, 5.74) is 1.94. The molecule has 2 atom stereocenters. The third kappa shape index (κ3) is 9.92. The normalized spacial score (nSPS) is 12.5. The Bertz CT molecular complexity index is 1740. The number of carbonyl (C=O) groups excluding carboxylic acids is 2. The van der Waals surface area contributed by atoms with Crippen molar-refractivity contribution in [2.45, 2.75) is 57.1 Å². The van der Waals surface area contributed by atoms with Gasteiger partial charge in [0.2, 0.25) is 11.8 Å². The van der Waals surface area contributed by atoms with Crippen LogP contribution in [0.5, 0.6) is 5.75 Å². The van der Waals surface area contributed by atoms with Gasteiger partial charge in [0, 0.05) is 28.0 Å². The molecule has 0 bridgehead atoms. The van der Waals surface area contributed by atoms with Crippen molar-refractivity contribution in [3.63, 3.8) is 0 Å². The van der Waals surface area contributed by atoms with Gasteiger partial charge in [0.25, 0.3) is 10.0 Å². The monoisotopic (exact) mass is 783 g/mol. The van der Waals surface area contributed by atoms with Crippen LogP contribution in [0.25, 0.3) is 0 Å². The molecule has 0 unspecified atom stereocenters. The number of ether oxygens (including phenoxy) is 1. The first-order valence-electron chi connectivity index (χ1n) is 15.4. The second-order valence-corrected chi connectivity index (χ2v) is 14.8. The number of rotatable bonds is 15. The lowest BCUT2D eigenvalue weighted by Gasteiger charge is -2.34. The summed E-state index contributed by atoms with van der Waals surface area (Å²) in [5, 5.41) is 3.05. The Kier molecular flexibility index (Phi) is 13.0. The van der Waals surface area contributed by atoms with Gasteiger partial charge in [-0.3, -0.25) is 13.9 Å². The summed E-state index contributed by atoms with van der Waals surface area (Å²) in [6, 6.07) is 28.8. The van der Waals surface area contributed by atoms with E-state index in [9.17, 15) is 18.0 Å². The van der Waals surface area contributed by atoms with Crippen molar-refractivity contribution in [3.8, 4) is 5.75 Å². The molecule has 4 rings (SSSR count). The van der Waals surface area contributed by atoms with Gasteiger partial charge in [-0.05, 0) is 92.1 Å². The maximum Gasteiger partial charge on any atom is 0.264 e. The van der Waals surface area contributed by atoms with Crippen molar-refractivity contribution in [2.24, 2.45) is 0 Å². The van der Waals surface area contributed by atoms with Crippen LogP contribution in [0.4, 0.5) is 5.69 Å². The first-order chi connectivity index (χ1) is 22.5. The zero-order valence-corrected chi connectivity index (χ0v) is 30.6. The minimum Gasteiger partial charge on any atom is -0.494 e. The number of hydrogen-bond acceptors (Lipinski definition) is 5. The number of halogens is 2.